The Labute approximate surface area is 115 Å². The van der Waals surface area contributed by atoms with E-state index in [0.29, 0.717) is 5.92 Å². The highest BCUT2D eigenvalue weighted by molar-refractivity contribution is 5.83. The van der Waals surface area contributed by atoms with Gasteiger partial charge in [0.05, 0.1) is 12.1 Å². The zero-order valence-electron chi connectivity index (χ0n) is 12.2. The van der Waals surface area contributed by atoms with Crippen LogP contribution in [0.25, 0.3) is 10.8 Å². The molecule has 0 saturated heterocycles. The molecule has 2 atom stereocenters. The van der Waals surface area contributed by atoms with Crippen LogP contribution in [0.2, 0.25) is 0 Å². The van der Waals surface area contributed by atoms with E-state index in [2.05, 4.69) is 61.6 Å². The fraction of sp³-hybridized carbons (Fsp3) is 0.412. The molecule has 2 nitrogen and oxygen atoms in total. The quantitative estimate of drug-likeness (QED) is 0.880. The summed E-state index contributed by atoms with van der Waals surface area (Å²) in [6, 6.07) is 15.3. The summed E-state index contributed by atoms with van der Waals surface area (Å²) in [5.74, 6) is 0.467. The molecule has 0 spiro atoms. The van der Waals surface area contributed by atoms with E-state index in [0.717, 1.165) is 0 Å². The summed E-state index contributed by atoms with van der Waals surface area (Å²) in [6.07, 6.45) is 0.172. The first kappa shape index (κ1) is 14.0. The van der Waals surface area contributed by atoms with Gasteiger partial charge < -0.3 is 10.1 Å². The van der Waals surface area contributed by atoms with Gasteiger partial charge in [-0.2, -0.15) is 0 Å². The molecule has 19 heavy (non-hydrogen) atoms. The minimum atomic E-state index is 0.172. The van der Waals surface area contributed by atoms with E-state index in [1.54, 1.807) is 7.11 Å². The van der Waals surface area contributed by atoms with Crippen LogP contribution in [-0.4, -0.2) is 20.3 Å². The predicted octanol–water partition coefficient (Wildman–Crippen LogP) is 3.77. The van der Waals surface area contributed by atoms with Gasteiger partial charge in [-0.15, -0.1) is 0 Å². The molecule has 0 heterocycles. The standard InChI is InChI=1S/C17H23NO/c1-12(2)17(19-4)16(18-3)15-10-9-13-7-5-6-8-14(13)11-15/h5-12,16-18H,1-4H3. The van der Waals surface area contributed by atoms with Crippen molar-refractivity contribution in [3.63, 3.8) is 0 Å². The molecule has 2 unspecified atom stereocenters. The first-order valence-corrected chi connectivity index (χ1v) is 6.86. The van der Waals surface area contributed by atoms with Crippen molar-refractivity contribution < 1.29 is 4.74 Å². The second kappa shape index (κ2) is 6.18. The number of ether oxygens (including phenoxy) is 1. The van der Waals surface area contributed by atoms with Crippen molar-refractivity contribution in [3.8, 4) is 0 Å². The fourth-order valence-corrected chi connectivity index (χ4v) is 2.72. The zero-order valence-corrected chi connectivity index (χ0v) is 12.2. The smallest absolute Gasteiger partial charge is 0.0788 e. The largest absolute Gasteiger partial charge is 0.379 e. The van der Waals surface area contributed by atoms with Crippen LogP contribution in [0.1, 0.15) is 25.5 Å². The Bertz CT molecular complexity index is 536. The maximum Gasteiger partial charge on any atom is 0.0788 e. The molecular formula is C17H23NO. The number of benzene rings is 2. The molecule has 0 radical (unpaired) electrons. The number of hydrogen-bond acceptors (Lipinski definition) is 2. The molecule has 102 valence electrons. The van der Waals surface area contributed by atoms with Crippen molar-refractivity contribution in [1.29, 1.82) is 0 Å². The molecule has 0 aliphatic rings. The summed E-state index contributed by atoms with van der Waals surface area (Å²) < 4.78 is 5.67. The zero-order chi connectivity index (χ0) is 13.8. The lowest BCUT2D eigenvalue weighted by atomic mass is 9.92. The molecule has 2 heteroatoms. The summed E-state index contributed by atoms with van der Waals surface area (Å²) in [5, 5.41) is 5.94. The first-order chi connectivity index (χ1) is 9.17. The van der Waals surface area contributed by atoms with E-state index >= 15 is 0 Å². The predicted molar refractivity (Wildman–Crippen MR) is 81.4 cm³/mol. The third kappa shape index (κ3) is 2.96. The van der Waals surface area contributed by atoms with Crippen molar-refractivity contribution in [1.82, 2.24) is 5.32 Å². The molecule has 0 aliphatic heterocycles. The van der Waals surface area contributed by atoms with Crippen LogP contribution < -0.4 is 5.32 Å². The number of rotatable bonds is 5. The van der Waals surface area contributed by atoms with Crippen molar-refractivity contribution >= 4 is 10.8 Å². The average molecular weight is 257 g/mol. The van der Waals surface area contributed by atoms with Gasteiger partial charge in [-0.05, 0) is 35.4 Å². The number of fused-ring (bicyclic) bond motifs is 1. The summed E-state index contributed by atoms with van der Waals surface area (Å²) >= 11 is 0. The number of likely N-dealkylation sites (N-methyl/N-ethyl adjacent to an activating group) is 1. The number of methoxy groups -OCH3 is 1. The van der Waals surface area contributed by atoms with Gasteiger partial charge >= 0.3 is 0 Å². The van der Waals surface area contributed by atoms with Gasteiger partial charge in [-0.25, -0.2) is 0 Å². The molecule has 0 bridgehead atoms. The minimum Gasteiger partial charge on any atom is -0.379 e. The third-order valence-corrected chi connectivity index (χ3v) is 3.70. The maximum absolute atomic E-state index is 5.67. The summed E-state index contributed by atoms with van der Waals surface area (Å²) in [5.41, 5.74) is 1.28. The SMILES string of the molecule is CNC(c1ccc2ccccc2c1)C(OC)C(C)C. The summed E-state index contributed by atoms with van der Waals surface area (Å²) in [4.78, 5) is 0. The van der Waals surface area contributed by atoms with Crippen LogP contribution in [0.3, 0.4) is 0 Å². The molecule has 1 N–H and O–H groups in total. The Hall–Kier alpha value is -1.38. The van der Waals surface area contributed by atoms with Crippen LogP contribution in [-0.2, 0) is 4.74 Å². The van der Waals surface area contributed by atoms with Gasteiger partial charge in [0.15, 0.2) is 0 Å². The normalized spacial score (nSPS) is 14.8. The topological polar surface area (TPSA) is 21.3 Å². The Morgan fingerprint density at radius 1 is 1.00 bits per heavy atom. The minimum absolute atomic E-state index is 0.172. The number of nitrogens with one attached hydrogen (secondary N) is 1. The molecule has 0 aromatic heterocycles. The van der Waals surface area contributed by atoms with E-state index in [-0.39, 0.29) is 12.1 Å². The average Bonchev–Trinajstić information content (AvgIpc) is 2.43. The van der Waals surface area contributed by atoms with Crippen LogP contribution in [0.15, 0.2) is 42.5 Å². The van der Waals surface area contributed by atoms with Crippen LogP contribution in [0, 0.1) is 5.92 Å². The summed E-state index contributed by atoms with van der Waals surface area (Å²) in [7, 11) is 3.78. The molecule has 0 aliphatic carbocycles. The highest BCUT2D eigenvalue weighted by atomic mass is 16.5. The molecule has 2 aromatic rings. The van der Waals surface area contributed by atoms with E-state index in [4.69, 9.17) is 4.74 Å². The molecule has 2 rings (SSSR count). The Kier molecular flexibility index (Phi) is 4.56. The highest BCUT2D eigenvalue weighted by Gasteiger charge is 2.24. The van der Waals surface area contributed by atoms with E-state index in [1.807, 2.05) is 7.05 Å². The van der Waals surface area contributed by atoms with Crippen LogP contribution in [0.4, 0.5) is 0 Å². The molecule has 2 aromatic carbocycles. The summed E-state index contributed by atoms with van der Waals surface area (Å²) in [6.45, 7) is 4.39. The Morgan fingerprint density at radius 3 is 2.26 bits per heavy atom. The number of hydrogen-bond donors (Lipinski definition) is 1. The Morgan fingerprint density at radius 2 is 1.68 bits per heavy atom. The van der Waals surface area contributed by atoms with Crippen LogP contribution in [0.5, 0.6) is 0 Å². The second-order valence-electron chi connectivity index (χ2n) is 5.32. The lowest BCUT2D eigenvalue weighted by Crippen LogP contribution is -2.34. The second-order valence-corrected chi connectivity index (χ2v) is 5.32. The lowest BCUT2D eigenvalue weighted by Gasteiger charge is -2.29. The monoisotopic (exact) mass is 257 g/mol. The Balaban J connectivity index is 2.40. The molecule has 0 saturated carbocycles. The van der Waals surface area contributed by atoms with Gasteiger partial charge in [0.25, 0.3) is 0 Å². The highest BCUT2D eigenvalue weighted by Crippen LogP contribution is 2.26. The fourth-order valence-electron chi connectivity index (χ4n) is 2.72. The van der Waals surface area contributed by atoms with Crippen molar-refractivity contribution in [3.05, 3.63) is 48.0 Å². The van der Waals surface area contributed by atoms with Crippen molar-refractivity contribution in [2.75, 3.05) is 14.2 Å². The van der Waals surface area contributed by atoms with Gasteiger partial charge in [0, 0.05) is 7.11 Å². The van der Waals surface area contributed by atoms with Gasteiger partial charge in [-0.3, -0.25) is 0 Å². The third-order valence-electron chi connectivity index (χ3n) is 3.70. The maximum atomic E-state index is 5.67. The van der Waals surface area contributed by atoms with Gasteiger partial charge in [0.1, 0.15) is 0 Å². The molecule has 0 amide bonds. The molecule has 0 fully saturated rings. The molecular weight excluding hydrogens is 234 g/mol. The van der Waals surface area contributed by atoms with Gasteiger partial charge in [0.2, 0.25) is 0 Å². The van der Waals surface area contributed by atoms with Crippen molar-refractivity contribution in [2.24, 2.45) is 5.92 Å². The van der Waals surface area contributed by atoms with Crippen LogP contribution >= 0.6 is 0 Å². The lowest BCUT2D eigenvalue weighted by molar-refractivity contribution is 0.0349. The van der Waals surface area contributed by atoms with E-state index in [1.165, 1.54) is 16.3 Å². The van der Waals surface area contributed by atoms with E-state index < -0.39 is 0 Å². The van der Waals surface area contributed by atoms with Crippen molar-refractivity contribution in [2.45, 2.75) is 26.0 Å². The van der Waals surface area contributed by atoms with Gasteiger partial charge in [-0.1, -0.05) is 50.2 Å². The first-order valence-electron chi connectivity index (χ1n) is 6.86. The van der Waals surface area contributed by atoms with E-state index in [9.17, 15) is 0 Å².